The number of rotatable bonds is 40. The minimum absolute atomic E-state index is 0.0281. The summed E-state index contributed by atoms with van der Waals surface area (Å²) in [4.78, 5) is 52.5. The zero-order chi connectivity index (χ0) is 42.4. The Morgan fingerprint density at radius 3 is 1.54 bits per heavy atom. The van der Waals surface area contributed by atoms with E-state index in [0.29, 0.717) is 25.7 Å². The fourth-order valence-electron chi connectivity index (χ4n) is 7.00. The first kappa shape index (κ1) is 54.1. The zero-order valence-corrected chi connectivity index (χ0v) is 37.0. The van der Waals surface area contributed by atoms with Crippen molar-refractivity contribution in [3.63, 3.8) is 0 Å². The predicted octanol–water partition coefficient (Wildman–Crippen LogP) is 12.5. The molecule has 0 heterocycles. The lowest BCUT2D eigenvalue weighted by atomic mass is 9.88. The van der Waals surface area contributed by atoms with Crippen molar-refractivity contribution in [2.24, 2.45) is 11.8 Å². The van der Waals surface area contributed by atoms with Gasteiger partial charge in [0.2, 0.25) is 0 Å². The number of carboxylic acid groups (broad SMARTS) is 2. The van der Waals surface area contributed by atoms with Gasteiger partial charge in [0.1, 0.15) is 12.2 Å². The second-order valence-corrected chi connectivity index (χ2v) is 16.3. The number of carbonyl (C=O) groups is 4. The number of unbranched alkanes of at least 4 members (excludes halogenated alkanes) is 15. The minimum atomic E-state index is -0.951. The Hall–Kier alpha value is -2.88. The highest BCUT2D eigenvalue weighted by molar-refractivity contribution is 5.72. The van der Waals surface area contributed by atoms with Crippen LogP contribution in [-0.2, 0) is 28.6 Å². The molecule has 10 nitrogen and oxygen atoms in total. The van der Waals surface area contributed by atoms with Crippen LogP contribution in [0, 0.1) is 11.8 Å². The molecule has 0 spiro atoms. The third-order valence-corrected chi connectivity index (χ3v) is 10.5. The van der Waals surface area contributed by atoms with E-state index in [1.165, 1.54) is 38.5 Å². The average molecular weight is 808 g/mol. The van der Waals surface area contributed by atoms with Crippen LogP contribution >= 0.6 is 0 Å². The molecule has 332 valence electrons. The number of carboxylic acids is 2. The molecule has 3 unspecified atom stereocenters. The lowest BCUT2D eigenvalue weighted by Crippen LogP contribution is -2.30. The Morgan fingerprint density at radius 2 is 1.02 bits per heavy atom. The van der Waals surface area contributed by atoms with Gasteiger partial charge in [-0.1, -0.05) is 135 Å². The number of ether oxygens (including phenoxy) is 3. The van der Waals surface area contributed by atoms with Crippen molar-refractivity contribution in [3.8, 4) is 0 Å². The number of nitrogens with zero attached hydrogens (tertiary/aromatic N) is 1. The molecule has 3 atom stereocenters. The van der Waals surface area contributed by atoms with E-state index in [1.54, 1.807) is 0 Å². The van der Waals surface area contributed by atoms with E-state index in [2.05, 4.69) is 45.1 Å². The maximum Gasteiger partial charge on any atom is 0.508 e. The maximum absolute atomic E-state index is 13.3. The van der Waals surface area contributed by atoms with Gasteiger partial charge in [0, 0.05) is 13.0 Å². The Bertz CT molecular complexity index is 1030. The van der Waals surface area contributed by atoms with Crippen LogP contribution in [-0.4, -0.2) is 78.6 Å². The molecule has 0 amide bonds. The largest absolute Gasteiger partial charge is 0.508 e. The molecular weight excluding hydrogens is 723 g/mol. The standard InChI is InChI=1S/C47H85NO9/c1-6-9-12-15-16-17-18-19-20-21-22-23-24-25-26-29-33-42(57-47(54)55-37-30-36-48(4)5)34-35-44(49)56-43(38-40(45(50)51)31-27-13-10-7-2)39-41(46(52)53)32-28-14-11-8-3/h16-17,19-20,40-43H,6-15,18,21-39H2,1-5H3,(H,50,51)(H,52,53)/b17-16-,20-19-. The fraction of sp³-hybridized carbons (Fsp3) is 0.830. The molecular formula is C47H85NO9. The van der Waals surface area contributed by atoms with Crippen LogP contribution in [0.1, 0.15) is 201 Å². The van der Waals surface area contributed by atoms with Gasteiger partial charge in [0.05, 0.1) is 18.4 Å². The first-order valence-corrected chi connectivity index (χ1v) is 23.0. The monoisotopic (exact) mass is 808 g/mol. The van der Waals surface area contributed by atoms with Crippen LogP contribution in [0.15, 0.2) is 24.3 Å². The molecule has 0 radical (unpaired) electrons. The van der Waals surface area contributed by atoms with Gasteiger partial charge < -0.3 is 29.3 Å². The van der Waals surface area contributed by atoms with E-state index in [-0.39, 0.29) is 32.3 Å². The average Bonchev–Trinajstić information content (AvgIpc) is 3.17. The number of aliphatic carboxylic acids is 2. The van der Waals surface area contributed by atoms with Gasteiger partial charge in [-0.25, -0.2) is 4.79 Å². The predicted molar refractivity (Wildman–Crippen MR) is 231 cm³/mol. The second-order valence-electron chi connectivity index (χ2n) is 16.3. The highest BCUT2D eigenvalue weighted by atomic mass is 16.7. The summed E-state index contributed by atoms with van der Waals surface area (Å²) in [6.07, 6.45) is 30.5. The summed E-state index contributed by atoms with van der Waals surface area (Å²) >= 11 is 0. The molecule has 2 N–H and O–H groups in total. The number of hydrogen-bond acceptors (Lipinski definition) is 8. The summed E-state index contributed by atoms with van der Waals surface area (Å²) < 4.78 is 16.9. The highest BCUT2D eigenvalue weighted by Gasteiger charge is 2.30. The topological polar surface area (TPSA) is 140 Å². The Balaban J connectivity index is 5.28. The SMILES string of the molecule is CCCCC/C=C\C/C=C\CCCCCCCCC(CCC(=O)OC(CC(CCCCCC)C(=O)O)CC(CCCCCC)C(=O)O)OC(=O)OCCCN(C)C. The van der Waals surface area contributed by atoms with Crippen LogP contribution < -0.4 is 0 Å². The molecule has 0 aliphatic heterocycles. The van der Waals surface area contributed by atoms with Crippen molar-refractivity contribution in [3.05, 3.63) is 24.3 Å². The number of esters is 1. The molecule has 0 fully saturated rings. The molecule has 0 aliphatic carbocycles. The third kappa shape index (κ3) is 34.8. The summed E-state index contributed by atoms with van der Waals surface area (Å²) in [5.74, 6) is -3.88. The van der Waals surface area contributed by atoms with E-state index in [0.717, 1.165) is 96.4 Å². The van der Waals surface area contributed by atoms with E-state index in [4.69, 9.17) is 14.2 Å². The summed E-state index contributed by atoms with van der Waals surface area (Å²) in [5, 5.41) is 20.1. The lowest BCUT2D eigenvalue weighted by Gasteiger charge is -2.25. The Labute approximate surface area is 347 Å². The molecule has 0 saturated carbocycles. The normalized spacial score (nSPS) is 13.9. The van der Waals surface area contributed by atoms with E-state index in [1.807, 2.05) is 19.0 Å². The Kier molecular flexibility index (Phi) is 36.7. The summed E-state index contributed by atoms with van der Waals surface area (Å²) in [6.45, 7) is 7.44. The lowest BCUT2D eigenvalue weighted by molar-refractivity contribution is -0.157. The first-order valence-electron chi connectivity index (χ1n) is 23.0. The maximum atomic E-state index is 13.3. The molecule has 0 aromatic carbocycles. The summed E-state index contributed by atoms with van der Waals surface area (Å²) in [5.41, 5.74) is 0. The zero-order valence-electron chi connectivity index (χ0n) is 37.0. The van der Waals surface area contributed by atoms with Crippen molar-refractivity contribution >= 4 is 24.1 Å². The summed E-state index contributed by atoms with van der Waals surface area (Å²) in [7, 11) is 3.91. The van der Waals surface area contributed by atoms with Gasteiger partial charge in [0.25, 0.3) is 0 Å². The van der Waals surface area contributed by atoms with Gasteiger partial charge in [-0.3, -0.25) is 14.4 Å². The third-order valence-electron chi connectivity index (χ3n) is 10.5. The molecule has 57 heavy (non-hydrogen) atoms. The number of allylic oxidation sites excluding steroid dienone is 4. The van der Waals surface area contributed by atoms with Crippen LogP contribution in [0.5, 0.6) is 0 Å². The van der Waals surface area contributed by atoms with Gasteiger partial charge in [-0.15, -0.1) is 0 Å². The Morgan fingerprint density at radius 1 is 0.544 bits per heavy atom. The first-order chi connectivity index (χ1) is 27.5. The van der Waals surface area contributed by atoms with Gasteiger partial charge in [-0.05, 0) is 97.6 Å². The smallest absolute Gasteiger partial charge is 0.481 e. The molecule has 0 aromatic heterocycles. The molecule has 0 rings (SSSR count). The van der Waals surface area contributed by atoms with Gasteiger partial charge in [-0.2, -0.15) is 0 Å². The molecule has 0 saturated heterocycles. The fourth-order valence-corrected chi connectivity index (χ4v) is 7.00. The van der Waals surface area contributed by atoms with Crippen LogP contribution in [0.4, 0.5) is 4.79 Å². The van der Waals surface area contributed by atoms with E-state index in [9.17, 15) is 29.4 Å². The van der Waals surface area contributed by atoms with Crippen molar-refractivity contribution < 1.29 is 43.6 Å². The molecule has 10 heteroatoms. The van der Waals surface area contributed by atoms with Crippen LogP contribution in [0.25, 0.3) is 0 Å². The molecule has 0 aromatic rings. The van der Waals surface area contributed by atoms with Crippen molar-refractivity contribution in [2.75, 3.05) is 27.2 Å². The van der Waals surface area contributed by atoms with E-state index >= 15 is 0 Å². The van der Waals surface area contributed by atoms with Gasteiger partial charge >= 0.3 is 24.1 Å². The van der Waals surface area contributed by atoms with Crippen LogP contribution in [0.3, 0.4) is 0 Å². The quantitative estimate of drug-likeness (QED) is 0.0349. The highest BCUT2D eigenvalue weighted by Crippen LogP contribution is 2.26. The van der Waals surface area contributed by atoms with E-state index < -0.39 is 48.1 Å². The van der Waals surface area contributed by atoms with Crippen molar-refractivity contribution in [1.29, 1.82) is 0 Å². The number of hydrogen-bond donors (Lipinski definition) is 2. The summed E-state index contributed by atoms with van der Waals surface area (Å²) in [6, 6.07) is 0. The number of carbonyl (C=O) groups excluding carboxylic acids is 2. The van der Waals surface area contributed by atoms with Gasteiger partial charge in [0.15, 0.2) is 0 Å². The second kappa shape index (κ2) is 38.6. The minimum Gasteiger partial charge on any atom is -0.481 e. The van der Waals surface area contributed by atoms with Crippen LogP contribution in [0.2, 0.25) is 0 Å². The van der Waals surface area contributed by atoms with Crippen molar-refractivity contribution in [2.45, 2.75) is 213 Å². The van der Waals surface area contributed by atoms with Crippen molar-refractivity contribution in [1.82, 2.24) is 4.90 Å². The molecule has 0 bridgehead atoms. The molecule has 0 aliphatic rings.